The zero-order chi connectivity index (χ0) is 14.8. The predicted octanol–water partition coefficient (Wildman–Crippen LogP) is 1.74. The van der Waals surface area contributed by atoms with Gasteiger partial charge in [-0.15, -0.1) is 0 Å². The van der Waals surface area contributed by atoms with E-state index >= 15 is 0 Å². The van der Waals surface area contributed by atoms with E-state index in [1.807, 2.05) is 12.1 Å². The molecule has 1 N–H and O–H groups in total. The first-order valence-electron chi connectivity index (χ1n) is 7.04. The van der Waals surface area contributed by atoms with E-state index in [-0.39, 0.29) is 11.8 Å². The number of nitrogens with one attached hydrogen (secondary N) is 1. The van der Waals surface area contributed by atoms with Crippen molar-refractivity contribution in [1.82, 2.24) is 15.2 Å². The maximum atomic E-state index is 11.8. The van der Waals surface area contributed by atoms with Gasteiger partial charge in [0.25, 0.3) is 0 Å². The Hall–Kier alpha value is -1.91. The van der Waals surface area contributed by atoms with E-state index in [0.29, 0.717) is 19.5 Å². The number of rotatable bonds is 8. The number of carbonyl (C=O) groups excluding carboxylic acids is 2. The lowest BCUT2D eigenvalue weighted by Gasteiger charge is -2.20. The summed E-state index contributed by atoms with van der Waals surface area (Å²) in [5, 5.41) is 2.84. The Balaban J connectivity index is 2.29. The minimum absolute atomic E-state index is 0.0281. The summed E-state index contributed by atoms with van der Waals surface area (Å²) in [4.78, 5) is 28.8. The van der Waals surface area contributed by atoms with Gasteiger partial charge in [0.05, 0.1) is 0 Å². The van der Waals surface area contributed by atoms with Gasteiger partial charge in [-0.2, -0.15) is 0 Å². The molecule has 0 atom stereocenters. The van der Waals surface area contributed by atoms with Gasteiger partial charge in [0.2, 0.25) is 11.8 Å². The third kappa shape index (κ3) is 6.31. The van der Waals surface area contributed by atoms with Gasteiger partial charge in [0, 0.05) is 45.4 Å². The van der Waals surface area contributed by atoms with Crippen molar-refractivity contribution in [2.24, 2.45) is 0 Å². The van der Waals surface area contributed by atoms with Gasteiger partial charge in [0.15, 0.2) is 0 Å². The van der Waals surface area contributed by atoms with E-state index in [2.05, 4.69) is 17.2 Å². The van der Waals surface area contributed by atoms with Gasteiger partial charge in [-0.1, -0.05) is 13.3 Å². The maximum absolute atomic E-state index is 11.8. The fourth-order valence-corrected chi connectivity index (χ4v) is 1.80. The minimum atomic E-state index is -0.0374. The van der Waals surface area contributed by atoms with E-state index in [9.17, 15) is 9.59 Å². The highest BCUT2D eigenvalue weighted by Crippen LogP contribution is 1.99. The average Bonchev–Trinajstić information content (AvgIpc) is 2.46. The van der Waals surface area contributed by atoms with Crippen molar-refractivity contribution in [3.05, 3.63) is 30.1 Å². The largest absolute Gasteiger partial charge is 0.352 e. The van der Waals surface area contributed by atoms with Crippen LogP contribution >= 0.6 is 0 Å². The lowest BCUT2D eigenvalue weighted by molar-refractivity contribution is -0.129. The maximum Gasteiger partial charge on any atom is 0.222 e. The monoisotopic (exact) mass is 277 g/mol. The normalized spacial score (nSPS) is 10.1. The van der Waals surface area contributed by atoms with Crippen LogP contribution in [0.5, 0.6) is 0 Å². The van der Waals surface area contributed by atoms with Crippen molar-refractivity contribution in [1.29, 1.82) is 0 Å². The standard InChI is InChI=1S/C15H23N3O2/c1-3-4-10-18(13(2)19)11-7-15(20)17-12-14-5-8-16-9-6-14/h5-6,8-9H,3-4,7,10-12H2,1-2H3,(H,17,20). The molecule has 1 rings (SSSR count). The van der Waals surface area contributed by atoms with Crippen LogP contribution < -0.4 is 5.32 Å². The molecule has 0 bridgehead atoms. The third-order valence-electron chi connectivity index (χ3n) is 3.07. The number of hydrogen-bond acceptors (Lipinski definition) is 3. The number of pyridine rings is 1. The molecule has 0 aromatic carbocycles. The van der Waals surface area contributed by atoms with Gasteiger partial charge in [-0.3, -0.25) is 14.6 Å². The van der Waals surface area contributed by atoms with Crippen LogP contribution in [0.2, 0.25) is 0 Å². The summed E-state index contributed by atoms with van der Waals surface area (Å²) in [5.74, 6) is -0.00931. The molecule has 5 heteroatoms. The molecule has 1 heterocycles. The molecule has 0 fully saturated rings. The highest BCUT2D eigenvalue weighted by molar-refractivity contribution is 5.77. The quantitative estimate of drug-likeness (QED) is 0.787. The summed E-state index contributed by atoms with van der Waals surface area (Å²) >= 11 is 0. The molecular formula is C15H23N3O2. The Labute approximate surface area is 120 Å². The fourth-order valence-electron chi connectivity index (χ4n) is 1.80. The van der Waals surface area contributed by atoms with Gasteiger partial charge >= 0.3 is 0 Å². The van der Waals surface area contributed by atoms with Crippen molar-refractivity contribution in [3.63, 3.8) is 0 Å². The van der Waals surface area contributed by atoms with Crippen molar-refractivity contribution < 1.29 is 9.59 Å². The second kappa shape index (κ2) is 9.07. The Morgan fingerprint density at radius 2 is 1.95 bits per heavy atom. The molecule has 0 aliphatic heterocycles. The molecule has 0 saturated heterocycles. The molecule has 110 valence electrons. The van der Waals surface area contributed by atoms with Crippen LogP contribution in [0.25, 0.3) is 0 Å². The van der Waals surface area contributed by atoms with Crippen molar-refractivity contribution in [2.45, 2.75) is 39.7 Å². The van der Waals surface area contributed by atoms with Crippen LogP contribution in [0.3, 0.4) is 0 Å². The molecule has 2 amide bonds. The number of unbranched alkanes of at least 4 members (excludes halogenated alkanes) is 1. The topological polar surface area (TPSA) is 62.3 Å². The van der Waals surface area contributed by atoms with Crippen molar-refractivity contribution in [2.75, 3.05) is 13.1 Å². The van der Waals surface area contributed by atoms with Crippen LogP contribution in [-0.2, 0) is 16.1 Å². The highest BCUT2D eigenvalue weighted by Gasteiger charge is 2.10. The molecule has 0 saturated carbocycles. The van der Waals surface area contributed by atoms with Gasteiger partial charge in [0.1, 0.15) is 0 Å². The molecule has 20 heavy (non-hydrogen) atoms. The summed E-state index contributed by atoms with van der Waals surface area (Å²) in [6.45, 7) is 5.33. The van der Waals surface area contributed by atoms with Crippen molar-refractivity contribution >= 4 is 11.8 Å². The Morgan fingerprint density at radius 1 is 1.25 bits per heavy atom. The Morgan fingerprint density at radius 3 is 2.55 bits per heavy atom. The number of hydrogen-bond donors (Lipinski definition) is 1. The summed E-state index contributed by atoms with van der Waals surface area (Å²) in [6.07, 6.45) is 5.75. The molecule has 0 unspecified atom stereocenters. The number of amides is 2. The summed E-state index contributed by atoms with van der Waals surface area (Å²) in [7, 11) is 0. The molecule has 0 aliphatic carbocycles. The number of carbonyl (C=O) groups is 2. The van der Waals surface area contributed by atoms with E-state index in [1.165, 1.54) is 0 Å². The molecular weight excluding hydrogens is 254 g/mol. The second-order valence-electron chi connectivity index (χ2n) is 4.74. The minimum Gasteiger partial charge on any atom is -0.352 e. The lowest BCUT2D eigenvalue weighted by Crippen LogP contribution is -2.34. The Bertz CT molecular complexity index is 420. The molecule has 0 aliphatic rings. The average molecular weight is 277 g/mol. The van der Waals surface area contributed by atoms with Crippen LogP contribution in [0.15, 0.2) is 24.5 Å². The molecule has 5 nitrogen and oxygen atoms in total. The molecule has 0 spiro atoms. The molecule has 1 aromatic rings. The SMILES string of the molecule is CCCCN(CCC(=O)NCc1ccncc1)C(C)=O. The molecule has 0 radical (unpaired) electrons. The summed E-state index contributed by atoms with van der Waals surface area (Å²) in [6, 6.07) is 3.73. The van der Waals surface area contributed by atoms with Crippen LogP contribution in [0.4, 0.5) is 0 Å². The van der Waals surface area contributed by atoms with Gasteiger partial charge < -0.3 is 10.2 Å². The number of nitrogens with zero attached hydrogens (tertiary/aromatic N) is 2. The third-order valence-corrected chi connectivity index (χ3v) is 3.07. The molecule has 1 aromatic heterocycles. The highest BCUT2D eigenvalue weighted by atomic mass is 16.2. The van der Waals surface area contributed by atoms with E-state index in [0.717, 1.165) is 24.9 Å². The second-order valence-corrected chi connectivity index (χ2v) is 4.74. The first-order valence-corrected chi connectivity index (χ1v) is 7.04. The predicted molar refractivity (Wildman–Crippen MR) is 77.9 cm³/mol. The summed E-state index contributed by atoms with van der Waals surface area (Å²) < 4.78 is 0. The first kappa shape index (κ1) is 16.1. The zero-order valence-corrected chi connectivity index (χ0v) is 12.3. The Kier molecular flexibility index (Phi) is 7.32. The smallest absolute Gasteiger partial charge is 0.222 e. The number of aromatic nitrogens is 1. The lowest BCUT2D eigenvalue weighted by atomic mass is 10.2. The van der Waals surface area contributed by atoms with Gasteiger partial charge in [-0.25, -0.2) is 0 Å². The van der Waals surface area contributed by atoms with Crippen LogP contribution in [0, 0.1) is 0 Å². The summed E-state index contributed by atoms with van der Waals surface area (Å²) in [5.41, 5.74) is 1.02. The van der Waals surface area contributed by atoms with Gasteiger partial charge in [-0.05, 0) is 24.1 Å². The zero-order valence-electron chi connectivity index (χ0n) is 12.3. The van der Waals surface area contributed by atoms with E-state index in [1.54, 1.807) is 24.2 Å². The fraction of sp³-hybridized carbons (Fsp3) is 0.533. The van der Waals surface area contributed by atoms with E-state index in [4.69, 9.17) is 0 Å². The van der Waals surface area contributed by atoms with Crippen LogP contribution in [-0.4, -0.2) is 34.8 Å². The van der Waals surface area contributed by atoms with Crippen LogP contribution in [0.1, 0.15) is 38.7 Å². The first-order chi connectivity index (χ1) is 9.63. The van der Waals surface area contributed by atoms with Crippen molar-refractivity contribution in [3.8, 4) is 0 Å². The van der Waals surface area contributed by atoms with E-state index < -0.39 is 0 Å².